The molecular formula is C13H17Cl2NO2S2. The normalized spacial score (nSPS) is 20.1. The first kappa shape index (κ1) is 16.3. The highest BCUT2D eigenvalue weighted by molar-refractivity contribution is 8.01. The number of rotatable bonds is 4. The van der Waals surface area contributed by atoms with Gasteiger partial charge in [0, 0.05) is 40.1 Å². The van der Waals surface area contributed by atoms with Gasteiger partial charge < -0.3 is 4.90 Å². The van der Waals surface area contributed by atoms with Crippen LogP contribution in [0.5, 0.6) is 0 Å². The molecule has 1 aliphatic rings. The van der Waals surface area contributed by atoms with Crippen LogP contribution in [0.2, 0.25) is 5.02 Å². The van der Waals surface area contributed by atoms with Gasteiger partial charge in [-0.05, 0) is 12.1 Å². The van der Waals surface area contributed by atoms with Crippen molar-refractivity contribution in [3.63, 3.8) is 0 Å². The topological polar surface area (TPSA) is 37.4 Å². The highest BCUT2D eigenvalue weighted by atomic mass is 35.5. The number of nitrogens with zero attached hydrogens (tertiary/aromatic N) is 1. The minimum atomic E-state index is -3.14. The van der Waals surface area contributed by atoms with Crippen molar-refractivity contribution in [1.82, 2.24) is 0 Å². The van der Waals surface area contributed by atoms with Crippen molar-refractivity contribution < 1.29 is 8.42 Å². The zero-order valence-corrected chi connectivity index (χ0v) is 14.3. The van der Waals surface area contributed by atoms with Crippen LogP contribution in [0.15, 0.2) is 18.2 Å². The number of alkyl halides is 1. The number of hydrogen-bond acceptors (Lipinski definition) is 4. The van der Waals surface area contributed by atoms with E-state index in [4.69, 9.17) is 23.2 Å². The molecule has 1 heterocycles. The molecule has 1 aliphatic heterocycles. The van der Waals surface area contributed by atoms with Gasteiger partial charge in [-0.1, -0.05) is 24.6 Å². The summed E-state index contributed by atoms with van der Waals surface area (Å²) in [5.74, 6) is 1.91. The van der Waals surface area contributed by atoms with Crippen molar-refractivity contribution in [2.45, 2.75) is 18.2 Å². The third-order valence-corrected chi connectivity index (χ3v) is 7.35. The minimum absolute atomic E-state index is 0.144. The third-order valence-electron chi connectivity index (χ3n) is 3.44. The van der Waals surface area contributed by atoms with Gasteiger partial charge in [0.05, 0.1) is 5.88 Å². The fraction of sp³-hybridized carbons (Fsp3) is 0.538. The van der Waals surface area contributed by atoms with E-state index in [0.29, 0.717) is 17.3 Å². The molecule has 7 heteroatoms. The maximum Gasteiger partial charge on any atom is 0.171 e. The molecule has 0 aromatic heterocycles. The molecule has 1 aromatic rings. The summed E-state index contributed by atoms with van der Waals surface area (Å²) in [5, 5.41) is 0.0926. The molecule has 0 saturated carbocycles. The Morgan fingerprint density at radius 2 is 2.20 bits per heavy atom. The molecule has 1 atom stereocenters. The third kappa shape index (κ3) is 3.21. The number of benzene rings is 1. The largest absolute Gasteiger partial charge is 0.353 e. The summed E-state index contributed by atoms with van der Waals surface area (Å²) >= 11 is 13.8. The fourth-order valence-corrected chi connectivity index (χ4v) is 5.86. The Kier molecular flexibility index (Phi) is 5.51. The zero-order valence-electron chi connectivity index (χ0n) is 11.2. The van der Waals surface area contributed by atoms with E-state index in [1.165, 1.54) is 0 Å². The summed E-state index contributed by atoms with van der Waals surface area (Å²) < 4.78 is 24.6. The maximum absolute atomic E-state index is 12.3. The molecule has 0 N–H and O–H groups in total. The Balaban J connectivity index is 2.46. The second-order valence-electron chi connectivity index (χ2n) is 4.55. The van der Waals surface area contributed by atoms with Gasteiger partial charge >= 0.3 is 0 Å². The smallest absolute Gasteiger partial charge is 0.171 e. The Morgan fingerprint density at radius 3 is 2.85 bits per heavy atom. The summed E-state index contributed by atoms with van der Waals surface area (Å²) in [7, 11) is -3.14. The van der Waals surface area contributed by atoms with Crippen LogP contribution in [0.3, 0.4) is 0 Å². The molecule has 1 aromatic carbocycles. The lowest BCUT2D eigenvalue weighted by molar-refractivity contribution is 0.579. The SMILES string of the molecule is CCS(=O)(=O)C1CSCCN1c1cccc(Cl)c1CCl. The van der Waals surface area contributed by atoms with Crippen molar-refractivity contribution in [1.29, 1.82) is 0 Å². The molecule has 112 valence electrons. The van der Waals surface area contributed by atoms with E-state index in [-0.39, 0.29) is 11.6 Å². The van der Waals surface area contributed by atoms with Crippen molar-refractivity contribution in [2.24, 2.45) is 0 Å². The second kappa shape index (κ2) is 6.77. The number of anilines is 1. The number of sulfone groups is 1. The van der Waals surface area contributed by atoms with Crippen LogP contribution in [0.1, 0.15) is 12.5 Å². The van der Waals surface area contributed by atoms with Gasteiger partial charge in [-0.3, -0.25) is 0 Å². The molecule has 0 aliphatic carbocycles. The van der Waals surface area contributed by atoms with Gasteiger partial charge in [0.2, 0.25) is 0 Å². The minimum Gasteiger partial charge on any atom is -0.353 e. The van der Waals surface area contributed by atoms with E-state index in [9.17, 15) is 8.42 Å². The monoisotopic (exact) mass is 353 g/mol. The first-order valence-electron chi connectivity index (χ1n) is 6.40. The molecule has 1 fully saturated rings. The van der Waals surface area contributed by atoms with Gasteiger partial charge in [-0.15, -0.1) is 11.6 Å². The molecule has 0 spiro atoms. The second-order valence-corrected chi connectivity index (χ2v) is 8.82. The van der Waals surface area contributed by atoms with Gasteiger partial charge in [-0.2, -0.15) is 11.8 Å². The Labute approximate surface area is 134 Å². The fourth-order valence-electron chi connectivity index (χ4n) is 2.30. The predicted octanol–water partition coefficient (Wildman–Crippen LogP) is 3.39. The quantitative estimate of drug-likeness (QED) is 0.777. The Bertz CT molecular complexity index is 578. The summed E-state index contributed by atoms with van der Waals surface area (Å²) in [6, 6.07) is 5.52. The first-order valence-corrected chi connectivity index (χ1v) is 10.2. The van der Waals surface area contributed by atoms with Crippen LogP contribution >= 0.6 is 35.0 Å². The van der Waals surface area contributed by atoms with Gasteiger partial charge in [0.15, 0.2) is 9.84 Å². The Morgan fingerprint density at radius 1 is 1.45 bits per heavy atom. The summed E-state index contributed by atoms with van der Waals surface area (Å²) in [5.41, 5.74) is 1.65. The lowest BCUT2D eigenvalue weighted by Gasteiger charge is -2.37. The molecule has 3 nitrogen and oxygen atoms in total. The van der Waals surface area contributed by atoms with Crippen LogP contribution in [0.25, 0.3) is 0 Å². The van der Waals surface area contributed by atoms with E-state index < -0.39 is 15.2 Å². The zero-order chi connectivity index (χ0) is 14.8. The van der Waals surface area contributed by atoms with Crippen LogP contribution in [0.4, 0.5) is 5.69 Å². The van der Waals surface area contributed by atoms with Gasteiger partial charge in [-0.25, -0.2) is 8.42 Å². The van der Waals surface area contributed by atoms with Crippen LogP contribution in [-0.2, 0) is 15.7 Å². The van der Waals surface area contributed by atoms with Crippen LogP contribution < -0.4 is 4.90 Å². The molecule has 20 heavy (non-hydrogen) atoms. The van der Waals surface area contributed by atoms with E-state index in [1.54, 1.807) is 24.8 Å². The number of hydrogen-bond donors (Lipinski definition) is 0. The molecule has 1 unspecified atom stereocenters. The first-order chi connectivity index (χ1) is 9.51. The van der Waals surface area contributed by atoms with E-state index in [1.807, 2.05) is 17.0 Å². The maximum atomic E-state index is 12.3. The predicted molar refractivity (Wildman–Crippen MR) is 88.9 cm³/mol. The summed E-state index contributed by atoms with van der Waals surface area (Å²) in [6.07, 6.45) is 0. The van der Waals surface area contributed by atoms with Gasteiger partial charge in [0.1, 0.15) is 5.37 Å². The lowest BCUT2D eigenvalue weighted by atomic mass is 10.1. The summed E-state index contributed by atoms with van der Waals surface area (Å²) in [6.45, 7) is 2.38. The standard InChI is InChI=1S/C13H17Cl2NO2S2/c1-2-20(17,18)13-9-19-7-6-16(13)12-5-3-4-11(15)10(12)8-14/h3-5,13H,2,6-9H2,1H3. The van der Waals surface area contributed by atoms with Crippen molar-refractivity contribution in [3.8, 4) is 0 Å². The number of thioether (sulfide) groups is 1. The van der Waals surface area contributed by atoms with E-state index in [0.717, 1.165) is 17.0 Å². The molecule has 0 bridgehead atoms. The molecule has 0 radical (unpaired) electrons. The van der Waals surface area contributed by atoms with E-state index in [2.05, 4.69) is 0 Å². The summed E-state index contributed by atoms with van der Waals surface area (Å²) in [4.78, 5) is 1.94. The van der Waals surface area contributed by atoms with Crippen molar-refractivity contribution in [2.75, 3.05) is 28.7 Å². The lowest BCUT2D eigenvalue weighted by Crippen LogP contribution is -2.48. The highest BCUT2D eigenvalue weighted by Gasteiger charge is 2.34. The Hall–Kier alpha value is -0.100. The molecule has 2 rings (SSSR count). The van der Waals surface area contributed by atoms with E-state index >= 15 is 0 Å². The average Bonchev–Trinajstić information content (AvgIpc) is 2.47. The average molecular weight is 354 g/mol. The van der Waals surface area contributed by atoms with Crippen molar-refractivity contribution >= 4 is 50.5 Å². The molecular weight excluding hydrogens is 337 g/mol. The molecule has 1 saturated heterocycles. The van der Waals surface area contributed by atoms with Crippen LogP contribution in [0, 0.1) is 0 Å². The van der Waals surface area contributed by atoms with Gasteiger partial charge in [0.25, 0.3) is 0 Å². The van der Waals surface area contributed by atoms with Crippen molar-refractivity contribution in [3.05, 3.63) is 28.8 Å². The van der Waals surface area contributed by atoms with Crippen LogP contribution in [-0.4, -0.2) is 37.6 Å². The highest BCUT2D eigenvalue weighted by Crippen LogP contribution is 2.34. The number of halogens is 2. The molecule has 0 amide bonds.